The highest BCUT2D eigenvalue weighted by Gasteiger charge is 2.23. The van der Waals surface area contributed by atoms with Crippen LogP contribution in [0.15, 0.2) is 9.98 Å². The molecule has 0 aliphatic rings. The van der Waals surface area contributed by atoms with Crippen molar-refractivity contribution in [3.63, 3.8) is 0 Å². The fourth-order valence-electron chi connectivity index (χ4n) is 2.70. The molecule has 0 heterocycles. The summed E-state index contributed by atoms with van der Waals surface area (Å²) in [6, 6.07) is 0. The van der Waals surface area contributed by atoms with Crippen LogP contribution in [0.3, 0.4) is 0 Å². The molecular weight excluding hydrogens is 422 g/mol. The Morgan fingerprint density at radius 1 is 0.645 bits per heavy atom. The first kappa shape index (κ1) is 28.1. The number of carbonyl (C=O) groups is 3. The number of hydrogen-bond acceptors (Lipinski definition) is 10. The maximum atomic E-state index is 11.2. The van der Waals surface area contributed by atoms with Crippen LogP contribution >= 0.6 is 0 Å². The molecule has 0 bridgehead atoms. The maximum Gasteiger partial charge on any atom is 0.323 e. The van der Waals surface area contributed by atoms with E-state index in [0.717, 1.165) is 9.80 Å². The fourth-order valence-corrected chi connectivity index (χ4v) is 2.70. The van der Waals surface area contributed by atoms with Crippen molar-refractivity contribution in [3.8, 4) is 0 Å². The van der Waals surface area contributed by atoms with Crippen LogP contribution in [0.1, 0.15) is 0 Å². The Balaban J connectivity index is 5.40. The summed E-state index contributed by atoms with van der Waals surface area (Å²) < 4.78 is 0. The van der Waals surface area contributed by atoms with Crippen LogP contribution in [-0.2, 0) is 14.4 Å². The molecule has 15 nitrogen and oxygen atoms in total. The molecule has 0 aliphatic heterocycles. The van der Waals surface area contributed by atoms with E-state index in [-0.39, 0.29) is 37.9 Å². The fraction of sp³-hybridized carbons (Fsp3) is 0.688. The number of aliphatic hydroxyl groups excluding tert-OH is 2. The first-order chi connectivity index (χ1) is 14.4. The van der Waals surface area contributed by atoms with Gasteiger partial charge in [0.25, 0.3) is 0 Å². The first-order valence-electron chi connectivity index (χ1n) is 8.96. The molecule has 0 atom stereocenters. The molecule has 0 aromatic heterocycles. The average Bonchev–Trinajstić information content (AvgIpc) is 2.62. The van der Waals surface area contributed by atoms with E-state index in [0.29, 0.717) is 0 Å². The summed E-state index contributed by atoms with van der Waals surface area (Å²) in [4.78, 5) is 44.0. The lowest BCUT2D eigenvalue weighted by Gasteiger charge is -2.31. The number of rotatable bonds is 14. The standard InChI is InChI=1S/C16H29N5O10/c1-17-13(15(28)29)20(8-11(24)25)5-3-19(7-10(22)23)4-6-21(9-12(26)27)14(18-2)16(30)31/h15-16,28-31H,3-9H2,1-2H3,(H,22,23)(H,24,25)(H,26,27). The van der Waals surface area contributed by atoms with Gasteiger partial charge >= 0.3 is 17.9 Å². The van der Waals surface area contributed by atoms with E-state index in [9.17, 15) is 34.8 Å². The Morgan fingerprint density at radius 3 is 1.19 bits per heavy atom. The van der Waals surface area contributed by atoms with Gasteiger partial charge in [0.2, 0.25) is 12.6 Å². The molecule has 31 heavy (non-hydrogen) atoms. The summed E-state index contributed by atoms with van der Waals surface area (Å²) in [5, 5.41) is 64.7. The Morgan fingerprint density at radius 2 is 0.968 bits per heavy atom. The lowest BCUT2D eigenvalue weighted by atomic mass is 10.3. The quantitative estimate of drug-likeness (QED) is 0.0756. The Labute approximate surface area is 177 Å². The second kappa shape index (κ2) is 14.2. The van der Waals surface area contributed by atoms with Gasteiger partial charge in [-0.2, -0.15) is 0 Å². The van der Waals surface area contributed by atoms with Crippen molar-refractivity contribution in [2.75, 3.05) is 59.9 Å². The van der Waals surface area contributed by atoms with E-state index < -0.39 is 50.1 Å². The van der Waals surface area contributed by atoms with Crippen molar-refractivity contribution in [1.82, 2.24) is 14.7 Å². The van der Waals surface area contributed by atoms with Gasteiger partial charge in [-0.3, -0.25) is 29.3 Å². The van der Waals surface area contributed by atoms with Crippen molar-refractivity contribution >= 4 is 29.6 Å². The number of amidine groups is 2. The van der Waals surface area contributed by atoms with Crippen LogP contribution in [0.2, 0.25) is 0 Å². The van der Waals surface area contributed by atoms with E-state index in [2.05, 4.69) is 9.98 Å². The second-order valence-corrected chi connectivity index (χ2v) is 6.21. The second-order valence-electron chi connectivity index (χ2n) is 6.21. The molecule has 0 aliphatic carbocycles. The monoisotopic (exact) mass is 451 g/mol. The molecule has 0 rings (SSSR count). The molecule has 0 saturated heterocycles. The van der Waals surface area contributed by atoms with E-state index in [1.807, 2.05) is 0 Å². The minimum absolute atomic E-state index is 0.0630. The normalized spacial score (nSPS) is 12.5. The molecule has 0 fully saturated rings. The Hall–Kier alpha value is -2.85. The van der Waals surface area contributed by atoms with Crippen molar-refractivity contribution in [2.24, 2.45) is 9.98 Å². The molecule has 15 heteroatoms. The third-order valence-corrected chi connectivity index (χ3v) is 3.95. The van der Waals surface area contributed by atoms with Gasteiger partial charge in [0.05, 0.1) is 6.54 Å². The number of aliphatic imine (C=N–C) groups is 2. The van der Waals surface area contributed by atoms with Gasteiger partial charge in [0.1, 0.15) is 13.1 Å². The molecule has 0 aromatic carbocycles. The Bertz CT molecular complexity index is 619. The Kier molecular flexibility index (Phi) is 12.9. The van der Waals surface area contributed by atoms with Crippen molar-refractivity contribution in [1.29, 1.82) is 0 Å². The summed E-state index contributed by atoms with van der Waals surface area (Å²) in [5.41, 5.74) is 0. The minimum atomic E-state index is -2.04. The predicted octanol–water partition coefficient (Wildman–Crippen LogP) is -4.18. The van der Waals surface area contributed by atoms with Crippen LogP contribution < -0.4 is 0 Å². The van der Waals surface area contributed by atoms with Gasteiger partial charge in [-0.25, -0.2) is 0 Å². The zero-order valence-electron chi connectivity index (χ0n) is 17.2. The number of carboxylic acid groups (broad SMARTS) is 3. The van der Waals surface area contributed by atoms with Gasteiger partial charge in [-0.05, 0) is 0 Å². The minimum Gasteiger partial charge on any atom is -0.480 e. The van der Waals surface area contributed by atoms with E-state index >= 15 is 0 Å². The number of hydrogen-bond donors (Lipinski definition) is 7. The van der Waals surface area contributed by atoms with Crippen molar-refractivity contribution < 1.29 is 50.1 Å². The van der Waals surface area contributed by atoms with Crippen LogP contribution in [-0.4, -0.2) is 153 Å². The zero-order valence-corrected chi connectivity index (χ0v) is 17.2. The molecule has 0 radical (unpaired) electrons. The number of aliphatic hydroxyl groups is 4. The highest BCUT2D eigenvalue weighted by Crippen LogP contribution is 2.02. The van der Waals surface area contributed by atoms with Gasteiger partial charge < -0.3 is 45.5 Å². The highest BCUT2D eigenvalue weighted by molar-refractivity contribution is 5.88. The van der Waals surface area contributed by atoms with Crippen LogP contribution in [0.5, 0.6) is 0 Å². The molecule has 178 valence electrons. The predicted molar refractivity (Wildman–Crippen MR) is 106 cm³/mol. The molecule has 0 spiro atoms. The van der Waals surface area contributed by atoms with Crippen LogP contribution in [0, 0.1) is 0 Å². The third kappa shape index (κ3) is 11.2. The molecular formula is C16H29N5O10. The van der Waals surface area contributed by atoms with Crippen LogP contribution in [0.4, 0.5) is 0 Å². The summed E-state index contributed by atoms with van der Waals surface area (Å²) in [6.45, 7) is -2.15. The highest BCUT2D eigenvalue weighted by atomic mass is 16.5. The maximum absolute atomic E-state index is 11.2. The van der Waals surface area contributed by atoms with Crippen LogP contribution in [0.25, 0.3) is 0 Å². The largest absolute Gasteiger partial charge is 0.480 e. The van der Waals surface area contributed by atoms with Gasteiger partial charge in [-0.15, -0.1) is 0 Å². The molecule has 0 aromatic rings. The summed E-state index contributed by atoms with van der Waals surface area (Å²) in [5.74, 6) is -4.42. The zero-order chi connectivity index (χ0) is 24.1. The number of nitrogens with zero attached hydrogens (tertiary/aromatic N) is 5. The molecule has 7 N–H and O–H groups in total. The first-order valence-corrected chi connectivity index (χ1v) is 8.96. The van der Waals surface area contributed by atoms with E-state index in [1.54, 1.807) is 0 Å². The summed E-state index contributed by atoms with van der Waals surface area (Å²) >= 11 is 0. The van der Waals surface area contributed by atoms with Gasteiger partial charge in [-0.1, -0.05) is 0 Å². The van der Waals surface area contributed by atoms with Gasteiger partial charge in [0.15, 0.2) is 11.7 Å². The molecule has 0 amide bonds. The summed E-state index contributed by atoms with van der Waals surface area (Å²) in [6.07, 6.45) is -4.09. The SMILES string of the molecule is CN=C(C(O)O)N(CCN(CCN(CC(=O)O)C(=NC)C(O)O)CC(=O)O)CC(=O)O. The van der Waals surface area contributed by atoms with Gasteiger partial charge in [0, 0.05) is 40.3 Å². The lowest BCUT2D eigenvalue weighted by molar-refractivity contribution is -0.140. The van der Waals surface area contributed by atoms with Crippen molar-refractivity contribution in [3.05, 3.63) is 0 Å². The average molecular weight is 451 g/mol. The summed E-state index contributed by atoms with van der Waals surface area (Å²) in [7, 11) is 2.46. The number of aliphatic carboxylic acids is 3. The smallest absolute Gasteiger partial charge is 0.323 e. The molecule has 0 saturated carbocycles. The number of carboxylic acids is 3. The lowest BCUT2D eigenvalue weighted by Crippen LogP contribution is -2.49. The van der Waals surface area contributed by atoms with E-state index in [4.69, 9.17) is 15.3 Å². The van der Waals surface area contributed by atoms with E-state index in [1.165, 1.54) is 19.0 Å². The molecule has 0 unspecified atom stereocenters. The topological polar surface area (TPSA) is 227 Å². The van der Waals surface area contributed by atoms with Crippen molar-refractivity contribution in [2.45, 2.75) is 12.6 Å². The third-order valence-electron chi connectivity index (χ3n) is 3.95.